The van der Waals surface area contributed by atoms with Crippen molar-refractivity contribution in [2.45, 2.75) is 44.7 Å². The molecular formula is C20H24N6S. The molecule has 1 fully saturated rings. The summed E-state index contributed by atoms with van der Waals surface area (Å²) < 4.78 is 0. The molecule has 1 aromatic carbocycles. The van der Waals surface area contributed by atoms with E-state index in [1.165, 1.54) is 12.8 Å². The summed E-state index contributed by atoms with van der Waals surface area (Å²) in [7, 11) is 0. The van der Waals surface area contributed by atoms with E-state index >= 15 is 0 Å². The minimum atomic E-state index is 0.164. The molecule has 2 aromatic heterocycles. The van der Waals surface area contributed by atoms with Crippen LogP contribution in [-0.4, -0.2) is 27.0 Å². The van der Waals surface area contributed by atoms with E-state index in [1.807, 2.05) is 25.1 Å². The summed E-state index contributed by atoms with van der Waals surface area (Å²) in [5, 5.41) is 9.91. The molecule has 0 saturated heterocycles. The minimum Gasteiger partial charge on any atom is -0.350 e. The molecule has 27 heavy (non-hydrogen) atoms. The number of aryl methyl sites for hydroxylation is 1. The summed E-state index contributed by atoms with van der Waals surface area (Å²) in [4.78, 5) is 13.5. The second kappa shape index (κ2) is 8.02. The number of hydrogen-bond donors (Lipinski definition) is 3. The highest BCUT2D eigenvalue weighted by Crippen LogP contribution is 2.26. The standard InChI is InChI=1S/C20H24N6S/c1-13-23-18(12-27-13)14-5-4-6-15(11-14)24-19-9-10-22-20(26-19)25-17-8-3-2-7-16(17)21/h4-6,9-12,16-17H,2-3,7-8,21H2,1H3,(H2,22,24,25,26)/t16-,17+/m0/s1. The molecule has 0 spiro atoms. The monoisotopic (exact) mass is 380 g/mol. The Bertz CT molecular complexity index is 909. The van der Waals surface area contributed by atoms with Crippen LogP contribution in [0, 0.1) is 6.92 Å². The quantitative estimate of drug-likeness (QED) is 0.610. The van der Waals surface area contributed by atoms with Crippen LogP contribution in [0.1, 0.15) is 30.7 Å². The number of rotatable bonds is 5. The second-order valence-electron chi connectivity index (χ2n) is 6.92. The van der Waals surface area contributed by atoms with Crippen molar-refractivity contribution >= 4 is 28.8 Å². The highest BCUT2D eigenvalue weighted by atomic mass is 32.1. The lowest BCUT2D eigenvalue weighted by Gasteiger charge is -2.29. The average molecular weight is 381 g/mol. The van der Waals surface area contributed by atoms with Crippen LogP contribution in [0.3, 0.4) is 0 Å². The fourth-order valence-electron chi connectivity index (χ4n) is 3.40. The van der Waals surface area contributed by atoms with Crippen LogP contribution < -0.4 is 16.4 Å². The number of anilines is 3. The fourth-order valence-corrected chi connectivity index (χ4v) is 4.02. The predicted molar refractivity (Wildman–Crippen MR) is 111 cm³/mol. The van der Waals surface area contributed by atoms with Crippen LogP contribution in [0.25, 0.3) is 11.3 Å². The first-order valence-electron chi connectivity index (χ1n) is 9.32. The molecule has 0 bridgehead atoms. The lowest BCUT2D eigenvalue weighted by Crippen LogP contribution is -2.42. The van der Waals surface area contributed by atoms with Crippen LogP contribution in [0.4, 0.5) is 17.5 Å². The van der Waals surface area contributed by atoms with Crippen molar-refractivity contribution in [1.29, 1.82) is 0 Å². The Balaban J connectivity index is 1.48. The molecule has 0 unspecified atom stereocenters. The lowest BCUT2D eigenvalue weighted by atomic mass is 9.91. The van der Waals surface area contributed by atoms with Crippen molar-refractivity contribution in [2.75, 3.05) is 10.6 Å². The van der Waals surface area contributed by atoms with E-state index in [2.05, 4.69) is 43.1 Å². The van der Waals surface area contributed by atoms with Gasteiger partial charge in [0.25, 0.3) is 0 Å². The van der Waals surface area contributed by atoms with E-state index in [-0.39, 0.29) is 12.1 Å². The number of benzene rings is 1. The SMILES string of the molecule is Cc1nc(-c2cccc(Nc3ccnc(N[C@@H]4CCCC[C@@H]4N)n3)c2)cs1. The van der Waals surface area contributed by atoms with Gasteiger partial charge in [0.05, 0.1) is 10.7 Å². The highest BCUT2D eigenvalue weighted by Gasteiger charge is 2.22. The average Bonchev–Trinajstić information content (AvgIpc) is 3.11. The largest absolute Gasteiger partial charge is 0.350 e. The zero-order valence-corrected chi connectivity index (χ0v) is 16.2. The number of hydrogen-bond acceptors (Lipinski definition) is 7. The van der Waals surface area contributed by atoms with E-state index in [4.69, 9.17) is 5.73 Å². The van der Waals surface area contributed by atoms with E-state index in [0.717, 1.165) is 40.6 Å². The Hall–Kier alpha value is -2.51. The Kier molecular flexibility index (Phi) is 5.31. The van der Waals surface area contributed by atoms with Crippen molar-refractivity contribution in [3.63, 3.8) is 0 Å². The van der Waals surface area contributed by atoms with Crippen molar-refractivity contribution < 1.29 is 0 Å². The number of nitrogens with zero attached hydrogens (tertiary/aromatic N) is 3. The molecule has 1 aliphatic carbocycles. The van der Waals surface area contributed by atoms with Crippen LogP contribution >= 0.6 is 11.3 Å². The summed E-state index contributed by atoms with van der Waals surface area (Å²) in [5.41, 5.74) is 9.28. The summed E-state index contributed by atoms with van der Waals surface area (Å²) >= 11 is 1.66. The van der Waals surface area contributed by atoms with Crippen molar-refractivity contribution in [1.82, 2.24) is 15.0 Å². The van der Waals surface area contributed by atoms with E-state index in [1.54, 1.807) is 17.5 Å². The van der Waals surface area contributed by atoms with Gasteiger partial charge in [-0.25, -0.2) is 9.97 Å². The zero-order chi connectivity index (χ0) is 18.6. The molecular weight excluding hydrogens is 356 g/mol. The van der Waals surface area contributed by atoms with E-state index in [0.29, 0.717) is 5.95 Å². The number of thiazole rings is 1. The molecule has 0 radical (unpaired) electrons. The van der Waals surface area contributed by atoms with E-state index < -0.39 is 0 Å². The normalized spacial score (nSPS) is 19.6. The molecule has 1 saturated carbocycles. The maximum Gasteiger partial charge on any atom is 0.224 e. The number of nitrogens with one attached hydrogen (secondary N) is 2. The summed E-state index contributed by atoms with van der Waals surface area (Å²) in [6.45, 7) is 2.02. The van der Waals surface area contributed by atoms with Gasteiger partial charge in [0, 0.05) is 34.9 Å². The third kappa shape index (κ3) is 4.43. The van der Waals surface area contributed by atoms with Crippen LogP contribution in [-0.2, 0) is 0 Å². The molecule has 2 atom stereocenters. The van der Waals surface area contributed by atoms with Crippen LogP contribution in [0.15, 0.2) is 41.9 Å². The lowest BCUT2D eigenvalue weighted by molar-refractivity contribution is 0.402. The van der Waals surface area contributed by atoms with Crippen molar-refractivity contribution in [2.24, 2.45) is 5.73 Å². The molecule has 0 aliphatic heterocycles. The zero-order valence-electron chi connectivity index (χ0n) is 15.4. The van der Waals surface area contributed by atoms with E-state index in [9.17, 15) is 0 Å². The summed E-state index contributed by atoms with van der Waals surface area (Å²) in [6.07, 6.45) is 6.29. The fraction of sp³-hybridized carbons (Fsp3) is 0.350. The maximum atomic E-state index is 6.22. The number of aromatic nitrogens is 3. The first-order chi connectivity index (χ1) is 13.2. The molecule has 1 aliphatic rings. The maximum absolute atomic E-state index is 6.22. The smallest absolute Gasteiger partial charge is 0.224 e. The van der Waals surface area contributed by atoms with Gasteiger partial charge < -0.3 is 16.4 Å². The van der Waals surface area contributed by atoms with Gasteiger partial charge in [0.1, 0.15) is 5.82 Å². The summed E-state index contributed by atoms with van der Waals surface area (Å²) in [5.74, 6) is 1.37. The van der Waals surface area contributed by atoms with Gasteiger partial charge in [0.15, 0.2) is 0 Å². The Labute approximate surface area is 163 Å². The highest BCUT2D eigenvalue weighted by molar-refractivity contribution is 7.09. The van der Waals surface area contributed by atoms with Gasteiger partial charge in [-0.3, -0.25) is 0 Å². The molecule has 6 nitrogen and oxygen atoms in total. The summed E-state index contributed by atoms with van der Waals surface area (Å²) in [6, 6.07) is 10.5. The second-order valence-corrected chi connectivity index (χ2v) is 7.98. The molecule has 7 heteroatoms. The third-order valence-electron chi connectivity index (χ3n) is 4.84. The van der Waals surface area contributed by atoms with Crippen LogP contribution in [0.2, 0.25) is 0 Å². The molecule has 4 N–H and O–H groups in total. The van der Waals surface area contributed by atoms with Crippen molar-refractivity contribution in [3.8, 4) is 11.3 Å². The predicted octanol–water partition coefficient (Wildman–Crippen LogP) is 4.33. The molecule has 140 valence electrons. The van der Waals surface area contributed by atoms with Gasteiger partial charge in [-0.1, -0.05) is 25.0 Å². The van der Waals surface area contributed by atoms with Gasteiger partial charge >= 0.3 is 0 Å². The van der Waals surface area contributed by atoms with Gasteiger partial charge in [0.2, 0.25) is 5.95 Å². The molecule has 2 heterocycles. The van der Waals surface area contributed by atoms with Gasteiger partial charge in [-0.15, -0.1) is 11.3 Å². The third-order valence-corrected chi connectivity index (χ3v) is 5.61. The first kappa shape index (κ1) is 17.9. The Morgan fingerprint density at radius 3 is 2.85 bits per heavy atom. The Morgan fingerprint density at radius 2 is 2.04 bits per heavy atom. The minimum absolute atomic E-state index is 0.164. The molecule has 0 amide bonds. The van der Waals surface area contributed by atoms with Gasteiger partial charge in [-0.05, 0) is 38.0 Å². The van der Waals surface area contributed by atoms with Gasteiger partial charge in [-0.2, -0.15) is 4.98 Å². The first-order valence-corrected chi connectivity index (χ1v) is 10.2. The number of nitrogens with two attached hydrogens (primary N) is 1. The molecule has 3 aromatic rings. The Morgan fingerprint density at radius 1 is 1.15 bits per heavy atom. The molecule has 4 rings (SSSR count). The topological polar surface area (TPSA) is 88.8 Å². The van der Waals surface area contributed by atoms with Crippen LogP contribution in [0.5, 0.6) is 0 Å². The van der Waals surface area contributed by atoms with Crippen molar-refractivity contribution in [3.05, 3.63) is 46.9 Å².